The third kappa shape index (κ3) is 5.12. The summed E-state index contributed by atoms with van der Waals surface area (Å²) in [6.45, 7) is 0. The van der Waals surface area contributed by atoms with E-state index in [-0.39, 0.29) is 10.8 Å². The number of hydrogen-bond acceptors (Lipinski definition) is 6. The van der Waals surface area contributed by atoms with Gasteiger partial charge in [-0.15, -0.1) is 0 Å². The van der Waals surface area contributed by atoms with Crippen LogP contribution in [0.15, 0.2) is 59.8 Å². The number of phenols is 1. The van der Waals surface area contributed by atoms with Crippen LogP contribution in [0.5, 0.6) is 28.7 Å². The first-order valence-electron chi connectivity index (χ1n) is 10.9. The lowest BCUT2D eigenvalue weighted by atomic mass is 10.0. The van der Waals surface area contributed by atoms with Crippen LogP contribution in [0.3, 0.4) is 0 Å². The van der Waals surface area contributed by atoms with E-state index >= 15 is 0 Å². The molecule has 0 bridgehead atoms. The van der Waals surface area contributed by atoms with Crippen molar-refractivity contribution in [1.29, 1.82) is 0 Å². The quantitative estimate of drug-likeness (QED) is 0.237. The Kier molecular flexibility index (Phi) is 7.72. The van der Waals surface area contributed by atoms with Crippen LogP contribution < -0.4 is 23.6 Å². The van der Waals surface area contributed by atoms with Crippen molar-refractivity contribution in [1.82, 2.24) is 0 Å². The Morgan fingerprint density at radius 2 is 1.50 bits per heavy atom. The molecule has 0 aliphatic heterocycles. The van der Waals surface area contributed by atoms with Gasteiger partial charge in [-0.25, -0.2) is 0 Å². The number of ether oxygens (including phenoxy) is 4. The minimum atomic E-state index is -0.0981. The molecule has 4 aromatic rings. The third-order valence-corrected chi connectivity index (χ3v) is 6.24. The predicted octanol–water partition coefficient (Wildman–Crippen LogP) is 5.65. The second kappa shape index (κ2) is 10.9. The van der Waals surface area contributed by atoms with Gasteiger partial charge in [0.25, 0.3) is 0 Å². The average molecular weight is 528 g/mol. The van der Waals surface area contributed by atoms with Crippen LogP contribution in [-0.4, -0.2) is 39.8 Å². The predicted molar refractivity (Wildman–Crippen MR) is 141 cm³/mol. The number of aromatic nitrogens is 1. The Morgan fingerprint density at radius 3 is 2.19 bits per heavy atom. The van der Waals surface area contributed by atoms with Crippen molar-refractivity contribution in [2.75, 3.05) is 28.4 Å². The fourth-order valence-electron chi connectivity index (χ4n) is 3.92. The largest absolute Gasteiger partial charge is 0.506 e. The number of fused-ring (bicyclic) bond motifs is 1. The van der Waals surface area contributed by atoms with E-state index in [1.165, 1.54) is 12.3 Å². The summed E-state index contributed by atoms with van der Waals surface area (Å²) in [5.74, 6) is 2.40. The van der Waals surface area contributed by atoms with Crippen LogP contribution in [0.2, 0.25) is 10.0 Å². The van der Waals surface area contributed by atoms with E-state index in [1.54, 1.807) is 39.2 Å². The first-order valence-corrected chi connectivity index (χ1v) is 11.7. The van der Waals surface area contributed by atoms with Gasteiger partial charge in [-0.2, -0.15) is 0 Å². The minimum Gasteiger partial charge on any atom is -0.506 e. The molecular weight excluding hydrogens is 503 g/mol. The van der Waals surface area contributed by atoms with Gasteiger partial charge in [0.2, 0.25) is 11.9 Å². The molecule has 186 valence electrons. The molecule has 0 amide bonds. The van der Waals surface area contributed by atoms with Gasteiger partial charge >= 0.3 is 0 Å². The molecule has 0 spiro atoms. The van der Waals surface area contributed by atoms with Crippen LogP contribution in [0.4, 0.5) is 0 Å². The first-order chi connectivity index (χ1) is 17.4. The summed E-state index contributed by atoms with van der Waals surface area (Å²) in [6.07, 6.45) is 3.86. The maximum absolute atomic E-state index is 10.4. The normalized spacial score (nSPS) is 11.2. The number of pyridine rings is 1. The molecule has 1 heterocycles. The SMILES string of the molecule is COc1ccc(Cc2c3cc(OC)c(OC)cc3cc[n+]2N=Cc2cc(Cl)cc(Cl)c2O)cc1OC. The molecule has 0 saturated carbocycles. The number of phenolic OH excluding ortho intramolecular Hbond substituents is 1. The van der Waals surface area contributed by atoms with Crippen LogP contribution in [-0.2, 0) is 6.42 Å². The van der Waals surface area contributed by atoms with E-state index in [0.29, 0.717) is 40.0 Å². The van der Waals surface area contributed by atoms with Gasteiger partial charge in [0.15, 0.2) is 23.0 Å². The second-order valence-electron chi connectivity index (χ2n) is 7.84. The van der Waals surface area contributed by atoms with Crippen LogP contribution in [0, 0.1) is 0 Å². The maximum Gasteiger partial charge on any atom is 0.226 e. The highest BCUT2D eigenvalue weighted by Gasteiger charge is 2.20. The highest BCUT2D eigenvalue weighted by Crippen LogP contribution is 2.34. The van der Waals surface area contributed by atoms with Gasteiger partial charge < -0.3 is 24.1 Å². The van der Waals surface area contributed by atoms with E-state index in [1.807, 2.05) is 42.6 Å². The van der Waals surface area contributed by atoms with E-state index in [0.717, 1.165) is 22.0 Å². The molecule has 0 atom stereocenters. The third-order valence-electron chi connectivity index (χ3n) is 5.74. The summed E-state index contributed by atoms with van der Waals surface area (Å²) in [5.41, 5.74) is 2.24. The lowest BCUT2D eigenvalue weighted by Gasteiger charge is -2.12. The fraction of sp³-hybridized carbons (Fsp3) is 0.185. The highest BCUT2D eigenvalue weighted by atomic mass is 35.5. The van der Waals surface area contributed by atoms with Crippen molar-refractivity contribution in [2.45, 2.75) is 6.42 Å². The Bertz CT molecular complexity index is 1460. The molecule has 7 nitrogen and oxygen atoms in total. The molecule has 0 aliphatic rings. The van der Waals surface area contributed by atoms with Gasteiger partial charge in [0, 0.05) is 16.7 Å². The molecular formula is C27H25Cl2N2O5+. The maximum atomic E-state index is 10.4. The van der Waals surface area contributed by atoms with Crippen LogP contribution in [0.1, 0.15) is 16.8 Å². The lowest BCUT2D eigenvalue weighted by Crippen LogP contribution is -2.33. The van der Waals surface area contributed by atoms with Crippen molar-refractivity contribution in [3.63, 3.8) is 0 Å². The van der Waals surface area contributed by atoms with E-state index in [2.05, 4.69) is 5.10 Å². The average Bonchev–Trinajstić information content (AvgIpc) is 2.89. The summed E-state index contributed by atoms with van der Waals surface area (Å²) in [7, 11) is 6.40. The number of hydrogen-bond donors (Lipinski definition) is 1. The van der Waals surface area contributed by atoms with Crippen LogP contribution in [0.25, 0.3) is 10.8 Å². The van der Waals surface area contributed by atoms with Crippen molar-refractivity contribution in [3.8, 4) is 28.7 Å². The number of halogens is 2. The van der Waals surface area contributed by atoms with Gasteiger partial charge in [0.1, 0.15) is 12.0 Å². The van der Waals surface area contributed by atoms with E-state index < -0.39 is 0 Å². The molecule has 0 radical (unpaired) electrons. The van der Waals surface area contributed by atoms with E-state index in [9.17, 15) is 5.11 Å². The molecule has 0 fully saturated rings. The Morgan fingerprint density at radius 1 is 0.833 bits per heavy atom. The second-order valence-corrected chi connectivity index (χ2v) is 8.68. The zero-order chi connectivity index (χ0) is 25.8. The minimum absolute atomic E-state index is 0.0981. The van der Waals surface area contributed by atoms with Gasteiger partial charge in [0.05, 0.1) is 45.3 Å². The lowest BCUT2D eigenvalue weighted by molar-refractivity contribution is -0.684. The number of aromatic hydroxyl groups is 1. The van der Waals surface area contributed by atoms with Gasteiger partial charge in [-0.1, -0.05) is 33.9 Å². The molecule has 0 saturated heterocycles. The summed E-state index contributed by atoms with van der Waals surface area (Å²) in [4.78, 5) is 0. The molecule has 36 heavy (non-hydrogen) atoms. The number of rotatable bonds is 8. The van der Waals surface area contributed by atoms with Crippen molar-refractivity contribution in [2.24, 2.45) is 5.10 Å². The smallest absolute Gasteiger partial charge is 0.226 e. The number of methoxy groups -OCH3 is 4. The standard InChI is InChI=1S/C27H24Cl2N2O5/c1-33-23-6-5-16(10-24(23)34-2)9-22-20-14-26(36-4)25(35-3)12-17(20)7-8-31(22)30-15-18-11-19(28)13-21(29)27(18)32/h5-8,10-15H,9H2,1-4H3/p+1. The van der Waals surface area contributed by atoms with Crippen molar-refractivity contribution in [3.05, 3.63) is 81.6 Å². The Hall–Kier alpha value is -3.68. The van der Waals surface area contributed by atoms with Crippen molar-refractivity contribution >= 4 is 40.2 Å². The molecule has 3 aromatic carbocycles. The zero-order valence-electron chi connectivity index (χ0n) is 20.2. The first kappa shape index (κ1) is 25.4. The zero-order valence-corrected chi connectivity index (χ0v) is 21.7. The summed E-state index contributed by atoms with van der Waals surface area (Å²) in [5, 5.41) is 17.4. The van der Waals surface area contributed by atoms with Crippen molar-refractivity contribution < 1.29 is 28.7 Å². The monoisotopic (exact) mass is 527 g/mol. The highest BCUT2D eigenvalue weighted by molar-refractivity contribution is 6.36. The number of nitrogens with zero attached hydrogens (tertiary/aromatic N) is 2. The summed E-state index contributed by atoms with van der Waals surface area (Å²) in [6, 6.07) is 14.6. The molecule has 1 N–H and O–H groups in total. The topological polar surface area (TPSA) is 73.4 Å². The Balaban J connectivity index is 1.89. The summed E-state index contributed by atoms with van der Waals surface area (Å²) >= 11 is 12.2. The Labute approximate surface area is 219 Å². The fourth-order valence-corrected chi connectivity index (χ4v) is 4.43. The summed E-state index contributed by atoms with van der Waals surface area (Å²) < 4.78 is 23.6. The van der Waals surface area contributed by atoms with Gasteiger partial charge in [-0.3, -0.25) is 0 Å². The van der Waals surface area contributed by atoms with Crippen LogP contribution >= 0.6 is 23.2 Å². The number of benzene rings is 3. The molecule has 0 aliphatic carbocycles. The van der Waals surface area contributed by atoms with Gasteiger partial charge in [-0.05, 0) is 52.4 Å². The molecule has 9 heteroatoms. The van der Waals surface area contributed by atoms with E-state index in [4.69, 9.17) is 42.1 Å². The molecule has 4 rings (SSSR count). The molecule has 1 aromatic heterocycles. The molecule has 0 unspecified atom stereocenters.